The molecule has 94 valence electrons. The molecule has 1 heterocycles. The molecule has 1 unspecified atom stereocenters. The number of carbonyl (C=O) groups excluding carboxylic acids is 1. The Bertz CT molecular complexity index is 202. The molecule has 4 nitrogen and oxygen atoms in total. The molecule has 1 amide bonds. The van der Waals surface area contributed by atoms with Crippen LogP contribution < -0.4 is 10.6 Å². The molecule has 1 aliphatic rings. The largest absolute Gasteiger partial charge is 0.353 e. The fourth-order valence-electron chi connectivity index (χ4n) is 2.01. The molecule has 4 heteroatoms. The van der Waals surface area contributed by atoms with Crippen LogP contribution in [-0.2, 0) is 4.79 Å². The summed E-state index contributed by atoms with van der Waals surface area (Å²) in [5.41, 5.74) is 0. The van der Waals surface area contributed by atoms with E-state index >= 15 is 0 Å². The van der Waals surface area contributed by atoms with Crippen molar-refractivity contribution in [2.45, 2.75) is 39.2 Å². The van der Waals surface area contributed by atoms with Crippen LogP contribution in [0.1, 0.15) is 33.1 Å². The standard InChI is InChI=1S/C12H25N3O/c1-3-6-13-10-12(16)14-9-11(2)15-7-4-5-8-15/h11,13H,3-10H2,1-2H3,(H,14,16). The van der Waals surface area contributed by atoms with E-state index in [2.05, 4.69) is 29.4 Å². The third kappa shape index (κ3) is 4.94. The highest BCUT2D eigenvalue weighted by Gasteiger charge is 2.17. The van der Waals surface area contributed by atoms with E-state index in [-0.39, 0.29) is 5.91 Å². The van der Waals surface area contributed by atoms with E-state index in [1.54, 1.807) is 0 Å². The number of hydrogen-bond donors (Lipinski definition) is 2. The maximum absolute atomic E-state index is 11.4. The Balaban J connectivity index is 2.06. The first-order valence-electron chi connectivity index (χ1n) is 6.45. The van der Waals surface area contributed by atoms with Crippen molar-refractivity contribution in [1.29, 1.82) is 0 Å². The molecule has 1 aliphatic heterocycles. The van der Waals surface area contributed by atoms with Crippen molar-refractivity contribution in [2.75, 3.05) is 32.7 Å². The van der Waals surface area contributed by atoms with E-state index in [0.29, 0.717) is 12.6 Å². The second kappa shape index (κ2) is 7.63. The molecule has 0 spiro atoms. The molecule has 0 aliphatic carbocycles. The van der Waals surface area contributed by atoms with Crippen molar-refractivity contribution < 1.29 is 4.79 Å². The lowest BCUT2D eigenvalue weighted by Gasteiger charge is -2.23. The summed E-state index contributed by atoms with van der Waals surface area (Å²) in [5, 5.41) is 6.08. The van der Waals surface area contributed by atoms with Gasteiger partial charge in [-0.05, 0) is 45.8 Å². The zero-order valence-corrected chi connectivity index (χ0v) is 10.6. The summed E-state index contributed by atoms with van der Waals surface area (Å²) < 4.78 is 0. The quantitative estimate of drug-likeness (QED) is 0.626. The van der Waals surface area contributed by atoms with E-state index in [4.69, 9.17) is 0 Å². The maximum atomic E-state index is 11.4. The van der Waals surface area contributed by atoms with Crippen LogP contribution in [0.25, 0.3) is 0 Å². The van der Waals surface area contributed by atoms with Gasteiger partial charge in [-0.3, -0.25) is 9.69 Å². The fraction of sp³-hybridized carbons (Fsp3) is 0.917. The minimum absolute atomic E-state index is 0.111. The molecule has 2 N–H and O–H groups in total. The van der Waals surface area contributed by atoms with Crippen LogP contribution in [0.3, 0.4) is 0 Å². The molecule has 1 rings (SSSR count). The average Bonchev–Trinajstić information content (AvgIpc) is 2.79. The second-order valence-electron chi connectivity index (χ2n) is 4.57. The van der Waals surface area contributed by atoms with E-state index in [1.165, 1.54) is 25.9 Å². The Morgan fingerprint density at radius 1 is 1.38 bits per heavy atom. The molecular weight excluding hydrogens is 202 g/mol. The van der Waals surface area contributed by atoms with Crippen LogP contribution in [-0.4, -0.2) is 49.6 Å². The van der Waals surface area contributed by atoms with E-state index in [1.807, 2.05) is 0 Å². The molecule has 0 aromatic heterocycles. The lowest BCUT2D eigenvalue weighted by molar-refractivity contribution is -0.120. The minimum atomic E-state index is 0.111. The van der Waals surface area contributed by atoms with Crippen LogP contribution in [0.5, 0.6) is 0 Å². The highest BCUT2D eigenvalue weighted by Crippen LogP contribution is 2.10. The highest BCUT2D eigenvalue weighted by atomic mass is 16.1. The molecule has 1 fully saturated rings. The van der Waals surface area contributed by atoms with Gasteiger partial charge in [0.15, 0.2) is 0 Å². The smallest absolute Gasteiger partial charge is 0.234 e. The summed E-state index contributed by atoms with van der Waals surface area (Å²) in [6, 6.07) is 0.470. The molecule has 1 saturated heterocycles. The zero-order valence-electron chi connectivity index (χ0n) is 10.6. The van der Waals surface area contributed by atoms with E-state index in [9.17, 15) is 4.79 Å². The molecule has 0 saturated carbocycles. The summed E-state index contributed by atoms with van der Waals surface area (Å²) in [5.74, 6) is 0.111. The van der Waals surface area contributed by atoms with Gasteiger partial charge in [-0.1, -0.05) is 6.92 Å². The van der Waals surface area contributed by atoms with E-state index < -0.39 is 0 Å². The average molecular weight is 227 g/mol. The van der Waals surface area contributed by atoms with Gasteiger partial charge in [0, 0.05) is 12.6 Å². The normalized spacial score (nSPS) is 18.6. The predicted molar refractivity (Wildman–Crippen MR) is 66.4 cm³/mol. The number of amides is 1. The van der Waals surface area contributed by atoms with Crippen LogP contribution in [0.4, 0.5) is 0 Å². The zero-order chi connectivity index (χ0) is 11.8. The van der Waals surface area contributed by atoms with Crippen molar-refractivity contribution in [2.24, 2.45) is 0 Å². The Morgan fingerprint density at radius 3 is 2.69 bits per heavy atom. The topological polar surface area (TPSA) is 44.4 Å². The van der Waals surface area contributed by atoms with Crippen LogP contribution in [0.2, 0.25) is 0 Å². The van der Waals surface area contributed by atoms with Gasteiger partial charge < -0.3 is 10.6 Å². The highest BCUT2D eigenvalue weighted by molar-refractivity contribution is 5.77. The summed E-state index contributed by atoms with van der Waals surface area (Å²) in [4.78, 5) is 13.9. The number of likely N-dealkylation sites (tertiary alicyclic amines) is 1. The summed E-state index contributed by atoms with van der Waals surface area (Å²) in [7, 11) is 0. The van der Waals surface area contributed by atoms with Gasteiger partial charge >= 0.3 is 0 Å². The first-order valence-corrected chi connectivity index (χ1v) is 6.45. The number of carbonyl (C=O) groups is 1. The molecule has 0 aromatic rings. The molecule has 0 bridgehead atoms. The van der Waals surface area contributed by atoms with Crippen LogP contribution in [0, 0.1) is 0 Å². The second-order valence-corrected chi connectivity index (χ2v) is 4.57. The number of nitrogens with zero attached hydrogens (tertiary/aromatic N) is 1. The number of nitrogens with one attached hydrogen (secondary N) is 2. The molecule has 0 aromatic carbocycles. The fourth-order valence-corrected chi connectivity index (χ4v) is 2.01. The first kappa shape index (κ1) is 13.5. The summed E-state index contributed by atoms with van der Waals surface area (Å²) in [6.45, 7) is 8.78. The maximum Gasteiger partial charge on any atom is 0.234 e. The van der Waals surface area contributed by atoms with Crippen molar-refractivity contribution in [3.63, 3.8) is 0 Å². The monoisotopic (exact) mass is 227 g/mol. The third-order valence-electron chi connectivity index (χ3n) is 3.07. The Hall–Kier alpha value is -0.610. The minimum Gasteiger partial charge on any atom is -0.353 e. The summed E-state index contributed by atoms with van der Waals surface area (Å²) >= 11 is 0. The Kier molecular flexibility index (Phi) is 6.42. The van der Waals surface area contributed by atoms with Gasteiger partial charge in [-0.15, -0.1) is 0 Å². The molecule has 16 heavy (non-hydrogen) atoms. The van der Waals surface area contributed by atoms with Crippen molar-refractivity contribution in [3.05, 3.63) is 0 Å². The molecule has 1 atom stereocenters. The Labute approximate surface area is 98.8 Å². The summed E-state index contributed by atoms with van der Waals surface area (Å²) in [6.07, 6.45) is 3.67. The molecular formula is C12H25N3O. The number of hydrogen-bond acceptors (Lipinski definition) is 3. The van der Waals surface area contributed by atoms with Gasteiger partial charge in [0.25, 0.3) is 0 Å². The lowest BCUT2D eigenvalue weighted by atomic mass is 10.3. The van der Waals surface area contributed by atoms with Crippen molar-refractivity contribution >= 4 is 5.91 Å². The van der Waals surface area contributed by atoms with Crippen LogP contribution in [0.15, 0.2) is 0 Å². The van der Waals surface area contributed by atoms with Gasteiger partial charge in [0.1, 0.15) is 0 Å². The van der Waals surface area contributed by atoms with E-state index in [0.717, 1.165) is 19.5 Å². The molecule has 0 radical (unpaired) electrons. The lowest BCUT2D eigenvalue weighted by Crippen LogP contribution is -2.43. The van der Waals surface area contributed by atoms with Crippen molar-refractivity contribution in [1.82, 2.24) is 15.5 Å². The predicted octanol–water partition coefficient (Wildman–Crippen LogP) is 0.587. The van der Waals surface area contributed by atoms with Crippen molar-refractivity contribution in [3.8, 4) is 0 Å². The van der Waals surface area contributed by atoms with Gasteiger partial charge in [0.2, 0.25) is 5.91 Å². The SMILES string of the molecule is CCCNCC(=O)NCC(C)N1CCCC1. The Morgan fingerprint density at radius 2 is 2.06 bits per heavy atom. The van der Waals surface area contributed by atoms with Gasteiger partial charge in [-0.2, -0.15) is 0 Å². The van der Waals surface area contributed by atoms with Gasteiger partial charge in [0.05, 0.1) is 6.54 Å². The van der Waals surface area contributed by atoms with Crippen LogP contribution >= 0.6 is 0 Å². The first-order chi connectivity index (χ1) is 7.74. The number of rotatable bonds is 7. The third-order valence-corrected chi connectivity index (χ3v) is 3.07. The van der Waals surface area contributed by atoms with Gasteiger partial charge in [-0.25, -0.2) is 0 Å².